The van der Waals surface area contributed by atoms with Crippen LogP contribution in [0.5, 0.6) is 0 Å². The highest BCUT2D eigenvalue weighted by atomic mass is 19.1. The number of para-hydroxylation sites is 1. The molecule has 162 valence electrons. The number of benzene rings is 2. The molecule has 1 saturated heterocycles. The molecule has 1 N–H and O–H groups in total. The first-order chi connectivity index (χ1) is 14.9. The van der Waals surface area contributed by atoms with E-state index in [-0.39, 0.29) is 0 Å². The van der Waals surface area contributed by atoms with Crippen LogP contribution in [0.4, 0.5) is 18.9 Å². The van der Waals surface area contributed by atoms with Gasteiger partial charge in [-0.3, -0.25) is 9.88 Å². The van der Waals surface area contributed by atoms with Gasteiger partial charge in [0.25, 0.3) is 0 Å². The number of rotatable bonds is 5. The molecule has 1 atom stereocenters. The Kier molecular flexibility index (Phi) is 6.25. The maximum absolute atomic E-state index is 14.9. The zero-order chi connectivity index (χ0) is 22.0. The number of aryl methyl sites for hydroxylation is 1. The van der Waals surface area contributed by atoms with E-state index in [1.165, 1.54) is 18.2 Å². The Hall–Kier alpha value is -2.90. The topological polar surface area (TPSA) is 39.6 Å². The number of aliphatic hydroxyl groups excluding tert-OH is 1. The van der Waals surface area contributed by atoms with Crippen molar-refractivity contribution in [2.24, 2.45) is 0 Å². The van der Waals surface area contributed by atoms with Crippen molar-refractivity contribution in [3.63, 3.8) is 0 Å². The fourth-order valence-corrected chi connectivity index (χ4v) is 4.04. The standard InChI is InChI=1S/C24H24F3N3O/c1-16-4-3-9-28-22(16)24(31)19-5-2-6-20(26)23(19)30-12-10-29(11-13-30)15-17-7-8-18(25)14-21(17)27/h2-9,14,24,31H,10-13,15H2,1H3. The average molecular weight is 427 g/mol. The number of nitrogens with zero attached hydrogens (tertiary/aromatic N) is 3. The first-order valence-electron chi connectivity index (χ1n) is 10.2. The summed E-state index contributed by atoms with van der Waals surface area (Å²) >= 11 is 0. The summed E-state index contributed by atoms with van der Waals surface area (Å²) in [5.41, 5.74) is 2.60. The minimum atomic E-state index is -1.04. The van der Waals surface area contributed by atoms with Gasteiger partial charge in [0, 0.05) is 56.1 Å². The Morgan fingerprint density at radius 1 is 0.968 bits per heavy atom. The normalized spacial score (nSPS) is 15.8. The van der Waals surface area contributed by atoms with Gasteiger partial charge in [0.15, 0.2) is 0 Å². The van der Waals surface area contributed by atoms with Crippen LogP contribution < -0.4 is 4.90 Å². The molecule has 1 aromatic heterocycles. The van der Waals surface area contributed by atoms with E-state index in [9.17, 15) is 18.3 Å². The quantitative estimate of drug-likeness (QED) is 0.662. The van der Waals surface area contributed by atoms with Crippen molar-refractivity contribution in [1.29, 1.82) is 0 Å². The van der Waals surface area contributed by atoms with Crippen molar-refractivity contribution in [3.8, 4) is 0 Å². The molecule has 4 rings (SSSR count). The van der Waals surface area contributed by atoms with Crippen LogP contribution in [0.15, 0.2) is 54.7 Å². The van der Waals surface area contributed by atoms with E-state index in [4.69, 9.17) is 0 Å². The lowest BCUT2D eigenvalue weighted by Gasteiger charge is -2.37. The van der Waals surface area contributed by atoms with Crippen LogP contribution in [-0.4, -0.2) is 41.2 Å². The molecule has 0 bridgehead atoms. The zero-order valence-corrected chi connectivity index (χ0v) is 17.2. The van der Waals surface area contributed by atoms with Gasteiger partial charge in [0.1, 0.15) is 23.6 Å². The first kappa shape index (κ1) is 21.3. The van der Waals surface area contributed by atoms with Crippen LogP contribution in [0.2, 0.25) is 0 Å². The number of hydrogen-bond acceptors (Lipinski definition) is 4. The number of anilines is 1. The van der Waals surface area contributed by atoms with E-state index < -0.39 is 23.6 Å². The molecule has 1 fully saturated rings. The van der Waals surface area contributed by atoms with Gasteiger partial charge in [-0.25, -0.2) is 13.2 Å². The SMILES string of the molecule is Cc1cccnc1C(O)c1cccc(F)c1N1CCN(Cc2ccc(F)cc2F)CC1. The summed E-state index contributed by atoms with van der Waals surface area (Å²) < 4.78 is 42.0. The average Bonchev–Trinajstić information content (AvgIpc) is 2.76. The van der Waals surface area contributed by atoms with Gasteiger partial charge in [-0.05, 0) is 30.7 Å². The summed E-state index contributed by atoms with van der Waals surface area (Å²) in [6, 6.07) is 11.9. The summed E-state index contributed by atoms with van der Waals surface area (Å²) in [5.74, 6) is -1.56. The maximum Gasteiger partial charge on any atom is 0.146 e. The minimum absolute atomic E-state index is 0.361. The van der Waals surface area contributed by atoms with Crippen LogP contribution in [0, 0.1) is 24.4 Å². The van der Waals surface area contributed by atoms with Crippen LogP contribution in [0.25, 0.3) is 0 Å². The Morgan fingerprint density at radius 2 is 1.74 bits per heavy atom. The number of hydrogen-bond donors (Lipinski definition) is 1. The van der Waals surface area contributed by atoms with E-state index in [0.717, 1.165) is 11.6 Å². The molecule has 1 aliphatic rings. The lowest BCUT2D eigenvalue weighted by molar-refractivity contribution is 0.212. The highest BCUT2D eigenvalue weighted by Gasteiger charge is 2.26. The molecule has 2 heterocycles. The fraction of sp³-hybridized carbons (Fsp3) is 0.292. The molecular weight excluding hydrogens is 403 g/mol. The lowest BCUT2D eigenvalue weighted by Crippen LogP contribution is -2.46. The van der Waals surface area contributed by atoms with Gasteiger partial charge in [0.2, 0.25) is 0 Å². The third kappa shape index (κ3) is 4.57. The number of aliphatic hydroxyl groups is 1. The van der Waals surface area contributed by atoms with Crippen molar-refractivity contribution in [1.82, 2.24) is 9.88 Å². The third-order valence-corrected chi connectivity index (χ3v) is 5.72. The number of aromatic nitrogens is 1. The Labute approximate surface area is 179 Å². The molecule has 1 unspecified atom stereocenters. The van der Waals surface area contributed by atoms with Crippen molar-refractivity contribution in [2.45, 2.75) is 19.6 Å². The van der Waals surface area contributed by atoms with E-state index in [0.29, 0.717) is 55.2 Å². The molecule has 31 heavy (non-hydrogen) atoms. The second-order valence-electron chi connectivity index (χ2n) is 7.78. The van der Waals surface area contributed by atoms with Gasteiger partial charge in [-0.2, -0.15) is 0 Å². The monoisotopic (exact) mass is 427 g/mol. The van der Waals surface area contributed by atoms with Crippen LogP contribution in [-0.2, 0) is 6.54 Å². The molecule has 4 nitrogen and oxygen atoms in total. The van der Waals surface area contributed by atoms with Crippen molar-refractivity contribution in [2.75, 3.05) is 31.1 Å². The smallest absolute Gasteiger partial charge is 0.146 e. The summed E-state index contributed by atoms with van der Waals surface area (Å²) in [7, 11) is 0. The van der Waals surface area contributed by atoms with E-state index >= 15 is 0 Å². The molecule has 0 amide bonds. The van der Waals surface area contributed by atoms with Crippen LogP contribution >= 0.6 is 0 Å². The number of piperazine rings is 1. The van der Waals surface area contributed by atoms with Gasteiger partial charge in [-0.15, -0.1) is 0 Å². The highest BCUT2D eigenvalue weighted by molar-refractivity contribution is 5.58. The predicted octanol–water partition coefficient (Wildman–Crippen LogP) is 4.21. The van der Waals surface area contributed by atoms with Gasteiger partial charge < -0.3 is 10.0 Å². The van der Waals surface area contributed by atoms with Gasteiger partial charge in [-0.1, -0.05) is 24.3 Å². The molecule has 7 heteroatoms. The summed E-state index contributed by atoms with van der Waals surface area (Å²) in [5, 5.41) is 11.0. The Bertz CT molecular complexity index is 1070. The molecule has 3 aromatic rings. The van der Waals surface area contributed by atoms with E-state index in [2.05, 4.69) is 4.98 Å². The van der Waals surface area contributed by atoms with Crippen LogP contribution in [0.3, 0.4) is 0 Å². The van der Waals surface area contributed by atoms with Crippen molar-refractivity contribution < 1.29 is 18.3 Å². The third-order valence-electron chi connectivity index (χ3n) is 5.72. The molecule has 0 spiro atoms. The van der Waals surface area contributed by atoms with E-state index in [1.807, 2.05) is 22.8 Å². The molecule has 2 aromatic carbocycles. The zero-order valence-electron chi connectivity index (χ0n) is 17.2. The number of pyridine rings is 1. The molecule has 0 aliphatic carbocycles. The highest BCUT2D eigenvalue weighted by Crippen LogP contribution is 2.34. The minimum Gasteiger partial charge on any atom is -0.382 e. The molecule has 0 radical (unpaired) electrons. The molecule has 1 aliphatic heterocycles. The van der Waals surface area contributed by atoms with Crippen molar-refractivity contribution in [3.05, 3.63) is 94.6 Å². The first-order valence-corrected chi connectivity index (χ1v) is 10.2. The molecule has 0 saturated carbocycles. The van der Waals surface area contributed by atoms with Gasteiger partial charge >= 0.3 is 0 Å². The summed E-state index contributed by atoms with van der Waals surface area (Å²) in [6.45, 7) is 4.43. The number of halogens is 3. The van der Waals surface area contributed by atoms with E-state index in [1.54, 1.807) is 24.4 Å². The maximum atomic E-state index is 14.9. The summed E-state index contributed by atoms with van der Waals surface area (Å²) in [4.78, 5) is 8.24. The predicted molar refractivity (Wildman–Crippen MR) is 113 cm³/mol. The Morgan fingerprint density at radius 3 is 2.45 bits per heavy atom. The van der Waals surface area contributed by atoms with Crippen molar-refractivity contribution >= 4 is 5.69 Å². The lowest BCUT2D eigenvalue weighted by atomic mass is 9.99. The second-order valence-corrected chi connectivity index (χ2v) is 7.78. The largest absolute Gasteiger partial charge is 0.382 e. The summed E-state index contributed by atoms with van der Waals surface area (Å²) in [6.07, 6.45) is 0.566. The van der Waals surface area contributed by atoms with Crippen LogP contribution in [0.1, 0.15) is 28.5 Å². The fourth-order valence-electron chi connectivity index (χ4n) is 4.04. The molecular formula is C24H24F3N3O. The van der Waals surface area contributed by atoms with Gasteiger partial charge in [0.05, 0.1) is 11.4 Å². The second kappa shape index (κ2) is 9.08. The Balaban J connectivity index is 1.52.